The number of para-hydroxylation sites is 1. The zero-order chi connectivity index (χ0) is 31.3. The van der Waals surface area contributed by atoms with Crippen molar-refractivity contribution in [2.45, 2.75) is 38.6 Å². The van der Waals surface area contributed by atoms with Crippen LogP contribution in [0.15, 0.2) is 36.5 Å². The van der Waals surface area contributed by atoms with Crippen molar-refractivity contribution < 1.29 is 17.9 Å². The monoisotopic (exact) mass is 631 g/mol. The first-order valence-electron chi connectivity index (χ1n) is 14.3. The Kier molecular flexibility index (Phi) is 10.5. The molecule has 1 aliphatic rings. The van der Waals surface area contributed by atoms with Crippen LogP contribution in [0.25, 0.3) is 0 Å². The average molecular weight is 632 g/mol. The third-order valence-corrected chi connectivity index (χ3v) is 9.18. The highest BCUT2D eigenvalue weighted by atomic mass is 35.5. The largest absolute Gasteiger partial charge is 0.494 e. The highest BCUT2D eigenvalue weighted by Crippen LogP contribution is 2.40. The summed E-state index contributed by atoms with van der Waals surface area (Å²) in [4.78, 5) is 13.8. The van der Waals surface area contributed by atoms with Gasteiger partial charge in [-0.25, -0.2) is 13.4 Å². The second kappa shape index (κ2) is 13.9. The number of hydrogen-bond acceptors (Lipinski definition) is 10. The van der Waals surface area contributed by atoms with E-state index >= 15 is 0 Å². The van der Waals surface area contributed by atoms with Crippen LogP contribution in [-0.2, 0) is 16.4 Å². The molecular formula is C30H42ClN7O4S. The van der Waals surface area contributed by atoms with Crippen LogP contribution in [-0.4, -0.2) is 84.0 Å². The quantitative estimate of drug-likeness (QED) is 0.265. The first-order chi connectivity index (χ1) is 20.5. The molecule has 2 aromatic carbocycles. The van der Waals surface area contributed by atoms with Gasteiger partial charge in [-0.05, 0) is 57.1 Å². The fraction of sp³-hybridized carbons (Fsp3) is 0.467. The molecule has 1 saturated heterocycles. The molecule has 0 aliphatic carbocycles. The Balaban J connectivity index is 1.65. The van der Waals surface area contributed by atoms with Crippen LogP contribution in [0.1, 0.15) is 31.7 Å². The SMILES string of the molecule is CCCc1cc(Nc2ncc(Cl)c(Nc3cccc(OC)c3N(C)S(C)(=O)=O)n2)c(OC)cc1N1CCC(N(C)C)CC1. The fourth-order valence-electron chi connectivity index (χ4n) is 5.31. The van der Waals surface area contributed by atoms with Gasteiger partial charge in [-0.2, -0.15) is 4.98 Å². The molecule has 43 heavy (non-hydrogen) atoms. The summed E-state index contributed by atoms with van der Waals surface area (Å²) in [6.07, 6.45) is 6.77. The molecule has 1 aromatic heterocycles. The topological polar surface area (TPSA) is 112 Å². The van der Waals surface area contributed by atoms with E-state index in [1.54, 1.807) is 25.3 Å². The Morgan fingerprint density at radius 3 is 2.35 bits per heavy atom. The molecule has 0 unspecified atom stereocenters. The smallest absolute Gasteiger partial charge is 0.232 e. The average Bonchev–Trinajstić information content (AvgIpc) is 2.98. The number of aryl methyl sites for hydroxylation is 1. The highest BCUT2D eigenvalue weighted by molar-refractivity contribution is 7.92. The second-order valence-corrected chi connectivity index (χ2v) is 13.3. The van der Waals surface area contributed by atoms with Crippen molar-refractivity contribution in [1.82, 2.24) is 14.9 Å². The molecular weight excluding hydrogens is 590 g/mol. The number of rotatable bonds is 12. The molecule has 0 atom stereocenters. The number of hydrogen-bond donors (Lipinski definition) is 2. The normalized spacial score (nSPS) is 14.1. The molecule has 11 nitrogen and oxygen atoms in total. The van der Waals surface area contributed by atoms with Gasteiger partial charge >= 0.3 is 0 Å². The lowest BCUT2D eigenvalue weighted by Gasteiger charge is -2.37. The first-order valence-corrected chi connectivity index (χ1v) is 16.5. The molecule has 0 spiro atoms. The molecule has 0 bridgehead atoms. The van der Waals surface area contributed by atoms with Crippen molar-refractivity contribution in [2.24, 2.45) is 0 Å². The van der Waals surface area contributed by atoms with Crippen molar-refractivity contribution in [3.05, 3.63) is 47.1 Å². The van der Waals surface area contributed by atoms with Crippen molar-refractivity contribution >= 4 is 56.1 Å². The number of ether oxygens (including phenoxy) is 2. The van der Waals surface area contributed by atoms with Crippen molar-refractivity contribution in [3.63, 3.8) is 0 Å². The Labute approximate surface area is 260 Å². The van der Waals surface area contributed by atoms with Gasteiger partial charge in [-0.15, -0.1) is 0 Å². The Morgan fingerprint density at radius 2 is 1.74 bits per heavy atom. The summed E-state index contributed by atoms with van der Waals surface area (Å²) in [6.45, 7) is 4.16. The molecule has 1 aliphatic heterocycles. The van der Waals surface area contributed by atoms with Gasteiger partial charge in [0.25, 0.3) is 0 Å². The molecule has 1 fully saturated rings. The summed E-state index contributed by atoms with van der Waals surface area (Å²) in [6, 6.07) is 9.97. The van der Waals surface area contributed by atoms with Gasteiger partial charge < -0.3 is 29.9 Å². The second-order valence-electron chi connectivity index (χ2n) is 10.8. The molecule has 4 rings (SSSR count). The summed E-state index contributed by atoms with van der Waals surface area (Å²) in [5, 5.41) is 6.74. The zero-order valence-electron chi connectivity index (χ0n) is 25.9. The summed E-state index contributed by atoms with van der Waals surface area (Å²) in [7, 11) is 5.31. The van der Waals surface area contributed by atoms with Crippen LogP contribution in [0, 0.1) is 0 Å². The number of nitrogens with one attached hydrogen (secondary N) is 2. The van der Waals surface area contributed by atoms with Gasteiger partial charge in [0, 0.05) is 37.9 Å². The highest BCUT2D eigenvalue weighted by Gasteiger charge is 2.24. The molecule has 0 saturated carbocycles. The van der Waals surface area contributed by atoms with Gasteiger partial charge in [-0.3, -0.25) is 4.31 Å². The Morgan fingerprint density at radius 1 is 1.05 bits per heavy atom. The predicted octanol–water partition coefficient (Wildman–Crippen LogP) is 5.51. The van der Waals surface area contributed by atoms with E-state index in [2.05, 4.69) is 63.6 Å². The maximum absolute atomic E-state index is 12.4. The minimum atomic E-state index is -3.58. The Hall–Kier alpha value is -3.48. The van der Waals surface area contributed by atoms with Crippen molar-refractivity contribution in [1.29, 1.82) is 0 Å². The van der Waals surface area contributed by atoms with E-state index in [4.69, 9.17) is 21.1 Å². The maximum Gasteiger partial charge on any atom is 0.232 e. The molecule has 0 amide bonds. The summed E-state index contributed by atoms with van der Waals surface area (Å²) in [5.41, 5.74) is 3.94. The van der Waals surface area contributed by atoms with Gasteiger partial charge in [0.15, 0.2) is 5.82 Å². The number of piperidine rings is 1. The van der Waals surface area contributed by atoms with Gasteiger partial charge in [0.05, 0.1) is 38.0 Å². The maximum atomic E-state index is 12.4. The van der Waals surface area contributed by atoms with Crippen LogP contribution in [0.4, 0.5) is 34.5 Å². The summed E-state index contributed by atoms with van der Waals surface area (Å²) >= 11 is 6.49. The van der Waals surface area contributed by atoms with Gasteiger partial charge in [0.1, 0.15) is 22.2 Å². The van der Waals surface area contributed by atoms with Crippen molar-refractivity contribution in [3.8, 4) is 11.5 Å². The summed E-state index contributed by atoms with van der Waals surface area (Å²) < 4.78 is 37.2. The molecule has 13 heteroatoms. The van der Waals surface area contributed by atoms with Crippen LogP contribution < -0.4 is 29.3 Å². The van der Waals surface area contributed by atoms with Gasteiger partial charge in [0.2, 0.25) is 16.0 Å². The van der Waals surface area contributed by atoms with E-state index in [9.17, 15) is 8.42 Å². The summed E-state index contributed by atoms with van der Waals surface area (Å²) in [5.74, 6) is 1.65. The van der Waals surface area contributed by atoms with E-state index < -0.39 is 10.0 Å². The van der Waals surface area contributed by atoms with E-state index in [1.165, 1.54) is 31.6 Å². The lowest BCUT2D eigenvalue weighted by atomic mass is 10.00. The van der Waals surface area contributed by atoms with E-state index in [1.807, 2.05) is 0 Å². The number of benzene rings is 2. The number of aromatic nitrogens is 2. The minimum absolute atomic E-state index is 0.261. The molecule has 3 aromatic rings. The van der Waals surface area contributed by atoms with Crippen LogP contribution >= 0.6 is 11.6 Å². The van der Waals surface area contributed by atoms with Crippen LogP contribution in [0.3, 0.4) is 0 Å². The first kappa shape index (κ1) is 32.4. The lowest BCUT2D eigenvalue weighted by Crippen LogP contribution is -2.42. The van der Waals surface area contributed by atoms with Crippen molar-refractivity contribution in [2.75, 3.05) is 74.5 Å². The predicted molar refractivity (Wildman–Crippen MR) is 176 cm³/mol. The van der Waals surface area contributed by atoms with E-state index in [-0.39, 0.29) is 5.02 Å². The lowest BCUT2D eigenvalue weighted by molar-refractivity contribution is 0.249. The third kappa shape index (κ3) is 7.54. The van der Waals surface area contributed by atoms with Crippen LogP contribution in [0.5, 0.6) is 11.5 Å². The zero-order valence-corrected chi connectivity index (χ0v) is 27.5. The number of methoxy groups -OCH3 is 2. The minimum Gasteiger partial charge on any atom is -0.494 e. The fourth-order valence-corrected chi connectivity index (χ4v) is 5.97. The van der Waals surface area contributed by atoms with E-state index in [0.29, 0.717) is 40.7 Å². The number of sulfonamides is 1. The number of nitrogens with zero attached hydrogens (tertiary/aromatic N) is 5. The molecule has 2 N–H and O–H groups in total. The number of anilines is 6. The molecule has 0 radical (unpaired) electrons. The third-order valence-electron chi connectivity index (χ3n) is 7.73. The van der Waals surface area contributed by atoms with E-state index in [0.717, 1.165) is 55.0 Å². The standard InChI is InChI=1S/C30H42ClN7O4S/c1-8-10-20-17-24(27(42-6)18-25(20)38-15-13-21(14-16-38)36(2)3)34-30-32-19-22(31)29(35-30)33-23-11-9-12-26(41-5)28(23)37(4)43(7,39)40/h9,11-12,17-19,21H,8,10,13-16H2,1-7H3,(H2,32,33,34,35). The van der Waals surface area contributed by atoms with Gasteiger partial charge in [-0.1, -0.05) is 31.0 Å². The molecule has 2 heterocycles. The number of halogens is 1. The molecule has 234 valence electrons. The Bertz CT molecular complexity index is 1530. The van der Waals surface area contributed by atoms with Crippen LogP contribution in [0.2, 0.25) is 5.02 Å².